The van der Waals surface area contributed by atoms with Gasteiger partial charge >= 0.3 is 6.18 Å². The Labute approximate surface area is 122 Å². The Morgan fingerprint density at radius 3 is 2.10 bits per heavy atom. The van der Waals surface area contributed by atoms with Gasteiger partial charge in [0.1, 0.15) is 5.82 Å². The molecule has 0 saturated carbocycles. The van der Waals surface area contributed by atoms with Crippen molar-refractivity contribution in [3.63, 3.8) is 0 Å². The van der Waals surface area contributed by atoms with Crippen molar-refractivity contribution < 1.29 is 13.2 Å². The standard InChI is InChI=1S/C13H22F3N5/c1-11(2,3)7-12(4,5)20-9-6-8(13(14,15)16)18-10(19-9)21-17/h6H,7,17H2,1-5H3,(H2,18,19,20,21). The quantitative estimate of drug-likeness (QED) is 0.587. The fraction of sp³-hybridized carbons (Fsp3) is 0.692. The van der Waals surface area contributed by atoms with Crippen molar-refractivity contribution in [3.8, 4) is 0 Å². The van der Waals surface area contributed by atoms with Crippen LogP contribution >= 0.6 is 0 Å². The molecule has 0 spiro atoms. The van der Waals surface area contributed by atoms with Gasteiger partial charge in [0.2, 0.25) is 5.95 Å². The molecule has 0 aliphatic carbocycles. The Kier molecular flexibility index (Phi) is 4.72. The SMILES string of the molecule is CC(C)(C)CC(C)(C)Nc1cc(C(F)(F)F)nc(NN)n1. The summed E-state index contributed by atoms with van der Waals surface area (Å²) in [7, 11) is 0. The number of hydrazine groups is 1. The third-order valence-corrected chi connectivity index (χ3v) is 2.58. The Morgan fingerprint density at radius 1 is 1.10 bits per heavy atom. The van der Waals surface area contributed by atoms with Gasteiger partial charge in [0.25, 0.3) is 0 Å². The first-order valence-electron chi connectivity index (χ1n) is 6.53. The van der Waals surface area contributed by atoms with Gasteiger partial charge in [-0.2, -0.15) is 18.2 Å². The van der Waals surface area contributed by atoms with E-state index in [0.29, 0.717) is 0 Å². The lowest BCUT2D eigenvalue weighted by molar-refractivity contribution is -0.141. The average molecular weight is 305 g/mol. The van der Waals surface area contributed by atoms with Crippen LogP contribution in [-0.4, -0.2) is 15.5 Å². The predicted molar refractivity (Wildman–Crippen MR) is 76.6 cm³/mol. The number of rotatable bonds is 4. The summed E-state index contributed by atoms with van der Waals surface area (Å²) in [4.78, 5) is 7.24. The van der Waals surface area contributed by atoms with Crippen LogP contribution in [0.5, 0.6) is 0 Å². The number of alkyl halides is 3. The first kappa shape index (κ1) is 17.5. The van der Waals surface area contributed by atoms with Gasteiger partial charge in [0, 0.05) is 11.6 Å². The maximum atomic E-state index is 12.8. The smallest absolute Gasteiger partial charge is 0.365 e. The van der Waals surface area contributed by atoms with Gasteiger partial charge in [0.15, 0.2) is 5.69 Å². The highest BCUT2D eigenvalue weighted by Crippen LogP contribution is 2.32. The van der Waals surface area contributed by atoms with Crippen LogP contribution in [0.4, 0.5) is 24.9 Å². The number of nitrogen functional groups attached to an aromatic ring is 1. The molecule has 0 aliphatic heterocycles. The zero-order chi connectivity index (χ0) is 16.5. The fourth-order valence-corrected chi connectivity index (χ4v) is 2.44. The molecule has 1 aromatic rings. The van der Waals surface area contributed by atoms with Crippen molar-refractivity contribution in [1.29, 1.82) is 0 Å². The molecule has 1 heterocycles. The van der Waals surface area contributed by atoms with Crippen molar-refractivity contribution in [2.24, 2.45) is 11.3 Å². The van der Waals surface area contributed by atoms with Crippen LogP contribution in [0.25, 0.3) is 0 Å². The molecule has 4 N–H and O–H groups in total. The van der Waals surface area contributed by atoms with Crippen molar-refractivity contribution in [2.75, 3.05) is 10.7 Å². The Bertz CT molecular complexity index is 492. The topological polar surface area (TPSA) is 75.9 Å². The molecule has 0 aromatic carbocycles. The van der Waals surface area contributed by atoms with E-state index >= 15 is 0 Å². The lowest BCUT2D eigenvalue weighted by Gasteiger charge is -2.33. The first-order valence-corrected chi connectivity index (χ1v) is 6.53. The highest BCUT2D eigenvalue weighted by Gasteiger charge is 2.34. The van der Waals surface area contributed by atoms with Crippen LogP contribution in [0.1, 0.15) is 46.7 Å². The van der Waals surface area contributed by atoms with Crippen molar-refractivity contribution in [3.05, 3.63) is 11.8 Å². The molecule has 0 atom stereocenters. The molecule has 0 fully saturated rings. The maximum Gasteiger partial charge on any atom is 0.433 e. The predicted octanol–water partition coefficient (Wildman–Crippen LogP) is 3.41. The Balaban J connectivity index is 3.08. The van der Waals surface area contributed by atoms with Crippen molar-refractivity contribution in [1.82, 2.24) is 9.97 Å². The lowest BCUT2D eigenvalue weighted by Crippen LogP contribution is -2.36. The number of nitrogens with one attached hydrogen (secondary N) is 2. The lowest BCUT2D eigenvalue weighted by atomic mass is 9.82. The zero-order valence-corrected chi connectivity index (χ0v) is 12.9. The molecular formula is C13H22F3N5. The van der Waals surface area contributed by atoms with Gasteiger partial charge < -0.3 is 5.32 Å². The summed E-state index contributed by atoms with van der Waals surface area (Å²) in [5.41, 5.74) is 0.599. The highest BCUT2D eigenvalue weighted by molar-refractivity contribution is 5.44. The largest absolute Gasteiger partial charge is 0.433 e. The second-order valence-electron chi connectivity index (χ2n) is 6.85. The van der Waals surface area contributed by atoms with E-state index in [2.05, 4.69) is 41.5 Å². The number of nitrogens with two attached hydrogens (primary N) is 1. The van der Waals surface area contributed by atoms with E-state index in [9.17, 15) is 13.2 Å². The van der Waals surface area contributed by atoms with Crippen LogP contribution in [0, 0.1) is 5.41 Å². The van der Waals surface area contributed by atoms with E-state index in [1.165, 1.54) is 0 Å². The molecule has 0 saturated heterocycles. The number of halogens is 3. The number of hydrogen-bond donors (Lipinski definition) is 3. The molecule has 1 aromatic heterocycles. The van der Waals surface area contributed by atoms with E-state index < -0.39 is 17.4 Å². The zero-order valence-electron chi connectivity index (χ0n) is 12.9. The molecule has 0 aliphatic rings. The molecule has 0 unspecified atom stereocenters. The van der Waals surface area contributed by atoms with Crippen LogP contribution < -0.4 is 16.6 Å². The Morgan fingerprint density at radius 2 is 1.67 bits per heavy atom. The van der Waals surface area contributed by atoms with Gasteiger partial charge in [-0.15, -0.1) is 0 Å². The van der Waals surface area contributed by atoms with Crippen LogP contribution in [-0.2, 0) is 6.18 Å². The Hall–Kier alpha value is -1.57. The van der Waals surface area contributed by atoms with E-state index in [0.717, 1.165) is 12.5 Å². The molecule has 8 heteroatoms. The third-order valence-electron chi connectivity index (χ3n) is 2.58. The van der Waals surface area contributed by atoms with Gasteiger partial charge in [-0.3, -0.25) is 5.43 Å². The number of nitrogens with zero attached hydrogens (tertiary/aromatic N) is 2. The second kappa shape index (κ2) is 5.67. The first-order chi connectivity index (χ1) is 9.32. The van der Waals surface area contributed by atoms with Crippen molar-refractivity contribution in [2.45, 2.75) is 52.8 Å². The molecular weight excluding hydrogens is 283 g/mol. The molecule has 0 radical (unpaired) electrons. The fourth-order valence-electron chi connectivity index (χ4n) is 2.44. The molecule has 1 rings (SSSR count). The average Bonchev–Trinajstić information content (AvgIpc) is 2.22. The normalized spacial score (nSPS) is 13.2. The maximum absolute atomic E-state index is 12.8. The third kappa shape index (κ3) is 5.74. The number of aromatic nitrogens is 2. The molecule has 120 valence electrons. The van der Waals surface area contributed by atoms with Crippen LogP contribution in [0.15, 0.2) is 6.07 Å². The minimum atomic E-state index is -4.56. The minimum absolute atomic E-state index is 0.0192. The van der Waals surface area contributed by atoms with E-state index in [-0.39, 0.29) is 17.2 Å². The number of anilines is 2. The number of hydrogen-bond acceptors (Lipinski definition) is 5. The van der Waals surface area contributed by atoms with Gasteiger partial charge in [0.05, 0.1) is 0 Å². The van der Waals surface area contributed by atoms with E-state index in [1.54, 1.807) is 0 Å². The summed E-state index contributed by atoms with van der Waals surface area (Å²) in [5, 5.41) is 3.02. The molecule has 21 heavy (non-hydrogen) atoms. The molecule has 5 nitrogen and oxygen atoms in total. The minimum Gasteiger partial charge on any atom is -0.365 e. The summed E-state index contributed by atoms with van der Waals surface area (Å²) in [6.45, 7) is 9.99. The highest BCUT2D eigenvalue weighted by atomic mass is 19.4. The second-order valence-corrected chi connectivity index (χ2v) is 6.85. The van der Waals surface area contributed by atoms with Gasteiger partial charge in [-0.1, -0.05) is 20.8 Å². The summed E-state index contributed by atoms with van der Waals surface area (Å²) in [5.74, 6) is 4.93. The van der Waals surface area contributed by atoms with Gasteiger partial charge in [-0.25, -0.2) is 10.8 Å². The molecule has 0 bridgehead atoms. The summed E-state index contributed by atoms with van der Waals surface area (Å²) in [6.07, 6.45) is -3.81. The van der Waals surface area contributed by atoms with Crippen molar-refractivity contribution >= 4 is 11.8 Å². The van der Waals surface area contributed by atoms with Crippen LogP contribution in [0.2, 0.25) is 0 Å². The summed E-state index contributed by atoms with van der Waals surface area (Å²) in [6, 6.07) is 0.880. The van der Waals surface area contributed by atoms with Crippen LogP contribution in [0.3, 0.4) is 0 Å². The van der Waals surface area contributed by atoms with E-state index in [4.69, 9.17) is 5.84 Å². The summed E-state index contributed by atoms with van der Waals surface area (Å²) < 4.78 is 38.4. The van der Waals surface area contributed by atoms with Gasteiger partial charge in [-0.05, 0) is 25.7 Å². The summed E-state index contributed by atoms with van der Waals surface area (Å²) >= 11 is 0. The molecule has 0 amide bonds. The monoisotopic (exact) mass is 305 g/mol. The van der Waals surface area contributed by atoms with E-state index in [1.807, 2.05) is 13.8 Å².